The molecule has 2 nitrogen and oxygen atoms in total. The topological polar surface area (TPSA) is 26.3 Å². The highest BCUT2D eigenvalue weighted by atomic mass is 35.5. The number of thioether (sulfide) groups is 1. The van der Waals surface area contributed by atoms with Crippen LogP contribution in [-0.4, -0.2) is 12.9 Å². The first kappa shape index (κ1) is 14.7. The number of hydrogen-bond donors (Lipinski definition) is 0. The maximum absolute atomic E-state index is 11.9. The third-order valence-corrected chi connectivity index (χ3v) is 3.68. The summed E-state index contributed by atoms with van der Waals surface area (Å²) < 4.78 is 5.05. The quantitative estimate of drug-likeness (QED) is 0.449. The van der Waals surface area contributed by atoms with Gasteiger partial charge in [0.2, 0.25) is 0 Å². The number of methoxy groups -OCH3 is 1. The lowest BCUT2D eigenvalue weighted by Gasteiger charge is -2.00. The number of halogens is 1. The molecule has 0 fully saturated rings. The van der Waals surface area contributed by atoms with E-state index in [1.165, 1.54) is 11.8 Å². The van der Waals surface area contributed by atoms with Crippen LogP contribution in [0.2, 0.25) is 5.02 Å². The number of hydrogen-bond acceptors (Lipinski definition) is 3. The van der Waals surface area contributed by atoms with Crippen LogP contribution in [0.25, 0.3) is 0 Å². The lowest BCUT2D eigenvalue weighted by atomic mass is 10.1. The summed E-state index contributed by atoms with van der Waals surface area (Å²) in [6, 6.07) is 14.5. The summed E-state index contributed by atoms with van der Waals surface area (Å²) in [5.74, 6) is 0.704. The third kappa shape index (κ3) is 4.15. The lowest BCUT2D eigenvalue weighted by molar-refractivity contribution is 0.104. The van der Waals surface area contributed by atoms with E-state index in [4.69, 9.17) is 16.3 Å². The molecule has 0 spiro atoms. The van der Waals surface area contributed by atoms with Gasteiger partial charge in [0.25, 0.3) is 0 Å². The van der Waals surface area contributed by atoms with Gasteiger partial charge in [-0.1, -0.05) is 23.4 Å². The van der Waals surface area contributed by atoms with Gasteiger partial charge in [-0.15, -0.1) is 0 Å². The minimum Gasteiger partial charge on any atom is -0.497 e. The largest absolute Gasteiger partial charge is 0.497 e. The molecule has 0 amide bonds. The average Bonchev–Trinajstić information content (AvgIpc) is 2.49. The van der Waals surface area contributed by atoms with Gasteiger partial charge >= 0.3 is 0 Å². The van der Waals surface area contributed by atoms with Crippen molar-refractivity contribution < 1.29 is 9.53 Å². The Balaban J connectivity index is 1.96. The Labute approximate surface area is 127 Å². The monoisotopic (exact) mass is 304 g/mol. The van der Waals surface area contributed by atoms with Gasteiger partial charge in [-0.25, -0.2) is 0 Å². The van der Waals surface area contributed by atoms with Gasteiger partial charge in [-0.05, 0) is 60.0 Å². The number of benzene rings is 2. The van der Waals surface area contributed by atoms with Crippen LogP contribution in [0.1, 0.15) is 10.4 Å². The second-order valence-electron chi connectivity index (χ2n) is 3.97. The van der Waals surface area contributed by atoms with Crippen molar-refractivity contribution in [2.75, 3.05) is 7.11 Å². The van der Waals surface area contributed by atoms with Gasteiger partial charge in [0.15, 0.2) is 5.78 Å². The standard InChI is InChI=1S/C16H13ClO2S/c1-19-14-6-2-12(3-7-14)16(18)10-11-20-15-8-4-13(17)5-9-15/h2-11H,1H3/b11-10+. The second kappa shape index (κ2) is 7.17. The molecule has 0 unspecified atom stereocenters. The third-order valence-electron chi connectivity index (χ3n) is 2.61. The molecule has 0 atom stereocenters. The molecule has 0 aromatic heterocycles. The summed E-state index contributed by atoms with van der Waals surface area (Å²) in [6.45, 7) is 0. The van der Waals surface area contributed by atoms with E-state index in [-0.39, 0.29) is 5.78 Å². The zero-order valence-corrected chi connectivity index (χ0v) is 12.4. The Morgan fingerprint density at radius 2 is 1.75 bits per heavy atom. The Bertz CT molecular complexity index is 603. The molecule has 0 aliphatic rings. The molecule has 0 saturated carbocycles. The number of carbonyl (C=O) groups is 1. The van der Waals surface area contributed by atoms with E-state index >= 15 is 0 Å². The normalized spacial score (nSPS) is 10.7. The van der Waals surface area contributed by atoms with E-state index in [0.717, 1.165) is 10.6 Å². The van der Waals surface area contributed by atoms with Crippen molar-refractivity contribution in [2.45, 2.75) is 4.90 Å². The Kier molecular flexibility index (Phi) is 5.27. The molecule has 0 bridgehead atoms. The molecule has 20 heavy (non-hydrogen) atoms. The predicted octanol–water partition coefficient (Wildman–Crippen LogP) is 4.84. The first-order valence-electron chi connectivity index (χ1n) is 5.96. The van der Waals surface area contributed by atoms with Crippen molar-refractivity contribution in [3.05, 3.63) is 70.6 Å². The zero-order chi connectivity index (χ0) is 14.4. The van der Waals surface area contributed by atoms with Crippen LogP contribution in [0.5, 0.6) is 5.75 Å². The highest BCUT2D eigenvalue weighted by Gasteiger charge is 2.01. The maximum atomic E-state index is 11.9. The van der Waals surface area contributed by atoms with Crippen LogP contribution in [0, 0.1) is 0 Å². The Morgan fingerprint density at radius 3 is 2.35 bits per heavy atom. The van der Waals surface area contributed by atoms with Gasteiger partial charge in [0, 0.05) is 15.5 Å². The van der Waals surface area contributed by atoms with Gasteiger partial charge in [-0.2, -0.15) is 0 Å². The SMILES string of the molecule is COc1ccc(C(=O)/C=C/Sc2ccc(Cl)cc2)cc1. The Hall–Kier alpha value is -1.71. The lowest BCUT2D eigenvalue weighted by Crippen LogP contribution is -1.93. The summed E-state index contributed by atoms with van der Waals surface area (Å²) in [5.41, 5.74) is 0.638. The number of ketones is 1. The average molecular weight is 305 g/mol. The molecule has 0 saturated heterocycles. The Morgan fingerprint density at radius 1 is 1.10 bits per heavy atom. The zero-order valence-electron chi connectivity index (χ0n) is 10.9. The fourth-order valence-corrected chi connectivity index (χ4v) is 2.31. The number of rotatable bonds is 5. The molecule has 0 N–H and O–H groups in total. The van der Waals surface area contributed by atoms with E-state index in [2.05, 4.69) is 0 Å². The predicted molar refractivity (Wildman–Crippen MR) is 83.8 cm³/mol. The molecular formula is C16H13ClO2S. The van der Waals surface area contributed by atoms with Crippen molar-refractivity contribution in [1.29, 1.82) is 0 Å². The molecule has 102 valence electrons. The first-order valence-corrected chi connectivity index (χ1v) is 7.22. The molecule has 4 heteroatoms. The molecule has 0 radical (unpaired) electrons. The van der Waals surface area contributed by atoms with Crippen molar-refractivity contribution in [2.24, 2.45) is 0 Å². The number of allylic oxidation sites excluding steroid dienone is 1. The molecule has 0 aliphatic heterocycles. The highest BCUT2D eigenvalue weighted by Crippen LogP contribution is 2.21. The maximum Gasteiger partial charge on any atom is 0.186 e. The second-order valence-corrected chi connectivity index (χ2v) is 5.38. The van der Waals surface area contributed by atoms with E-state index in [0.29, 0.717) is 10.6 Å². The van der Waals surface area contributed by atoms with Crippen molar-refractivity contribution in [3.63, 3.8) is 0 Å². The van der Waals surface area contributed by atoms with Gasteiger partial charge < -0.3 is 4.74 Å². The first-order chi connectivity index (χ1) is 9.69. The molecule has 0 aliphatic carbocycles. The van der Waals surface area contributed by atoms with Crippen LogP contribution >= 0.6 is 23.4 Å². The highest BCUT2D eigenvalue weighted by molar-refractivity contribution is 8.02. The van der Waals surface area contributed by atoms with E-state index in [1.54, 1.807) is 42.9 Å². The van der Waals surface area contributed by atoms with E-state index in [9.17, 15) is 4.79 Å². The molecule has 2 rings (SSSR count). The summed E-state index contributed by atoms with van der Waals surface area (Å²) in [4.78, 5) is 13.0. The smallest absolute Gasteiger partial charge is 0.186 e. The fourth-order valence-electron chi connectivity index (χ4n) is 1.54. The molecular weight excluding hydrogens is 292 g/mol. The number of ether oxygens (including phenoxy) is 1. The summed E-state index contributed by atoms with van der Waals surface area (Å²) >= 11 is 7.28. The van der Waals surface area contributed by atoms with Crippen LogP contribution in [-0.2, 0) is 0 Å². The summed E-state index contributed by atoms with van der Waals surface area (Å²) in [5, 5.41) is 2.48. The van der Waals surface area contributed by atoms with Gasteiger partial charge in [-0.3, -0.25) is 4.79 Å². The van der Waals surface area contributed by atoms with E-state index < -0.39 is 0 Å². The van der Waals surface area contributed by atoms with Gasteiger partial charge in [0.05, 0.1) is 7.11 Å². The van der Waals surface area contributed by atoms with Crippen molar-refractivity contribution in [1.82, 2.24) is 0 Å². The van der Waals surface area contributed by atoms with Gasteiger partial charge in [0.1, 0.15) is 5.75 Å². The van der Waals surface area contributed by atoms with Crippen molar-refractivity contribution >= 4 is 29.1 Å². The summed E-state index contributed by atoms with van der Waals surface area (Å²) in [6.07, 6.45) is 1.56. The molecule has 0 heterocycles. The molecule has 2 aromatic rings. The summed E-state index contributed by atoms with van der Waals surface area (Å²) in [7, 11) is 1.60. The van der Waals surface area contributed by atoms with Crippen LogP contribution in [0.3, 0.4) is 0 Å². The number of carbonyl (C=O) groups excluding carboxylic acids is 1. The van der Waals surface area contributed by atoms with Crippen LogP contribution < -0.4 is 4.74 Å². The molecule has 2 aromatic carbocycles. The minimum absolute atomic E-state index is 0.0332. The van der Waals surface area contributed by atoms with Crippen molar-refractivity contribution in [3.8, 4) is 5.75 Å². The fraction of sp³-hybridized carbons (Fsp3) is 0.0625. The van der Waals surface area contributed by atoms with E-state index in [1.807, 2.05) is 24.3 Å². The minimum atomic E-state index is -0.0332. The van der Waals surface area contributed by atoms with Crippen LogP contribution in [0.15, 0.2) is 64.9 Å². The van der Waals surface area contributed by atoms with Crippen LogP contribution in [0.4, 0.5) is 0 Å².